The van der Waals surface area contributed by atoms with Crippen LogP contribution < -0.4 is 5.32 Å². The van der Waals surface area contributed by atoms with E-state index in [2.05, 4.69) is 32.5 Å². The molecule has 1 aliphatic heterocycles. The molecule has 3 aromatic rings. The first-order chi connectivity index (χ1) is 14.1. The maximum atomic E-state index is 13.2. The van der Waals surface area contributed by atoms with Crippen molar-refractivity contribution in [1.82, 2.24) is 24.6 Å². The summed E-state index contributed by atoms with van der Waals surface area (Å²) in [5, 5.41) is 7.34. The number of carbonyl (C=O) groups excluding carboxylic acids is 1. The summed E-state index contributed by atoms with van der Waals surface area (Å²) in [6.45, 7) is 4.64. The Morgan fingerprint density at radius 2 is 1.83 bits per heavy atom. The van der Waals surface area contributed by atoms with Crippen molar-refractivity contribution in [2.75, 3.05) is 11.9 Å². The second kappa shape index (κ2) is 6.69. The summed E-state index contributed by atoms with van der Waals surface area (Å²) in [5.41, 5.74) is 3.17. The molecule has 2 fully saturated rings. The van der Waals surface area contributed by atoms with Gasteiger partial charge in [-0.2, -0.15) is 9.78 Å². The fourth-order valence-electron chi connectivity index (χ4n) is 4.70. The van der Waals surface area contributed by atoms with Gasteiger partial charge in [0.15, 0.2) is 0 Å². The molecule has 1 saturated carbocycles. The van der Waals surface area contributed by atoms with E-state index in [1.807, 2.05) is 43.0 Å². The monoisotopic (exact) mass is 388 g/mol. The molecule has 0 bridgehead atoms. The zero-order valence-electron chi connectivity index (χ0n) is 16.7. The number of amides is 2. The molecule has 148 valence electrons. The first kappa shape index (κ1) is 17.8. The van der Waals surface area contributed by atoms with Crippen LogP contribution in [-0.4, -0.2) is 37.2 Å². The van der Waals surface area contributed by atoms with E-state index in [-0.39, 0.29) is 17.5 Å². The summed E-state index contributed by atoms with van der Waals surface area (Å²) in [6.07, 6.45) is 5.26. The third kappa shape index (κ3) is 2.97. The van der Waals surface area contributed by atoms with Crippen molar-refractivity contribution in [3.63, 3.8) is 0 Å². The quantitative estimate of drug-likeness (QED) is 0.735. The van der Waals surface area contributed by atoms with Crippen LogP contribution >= 0.6 is 0 Å². The molecule has 1 N–H and O–H groups in total. The Morgan fingerprint density at radius 3 is 2.48 bits per heavy atom. The third-order valence-electron chi connectivity index (χ3n) is 6.14. The summed E-state index contributed by atoms with van der Waals surface area (Å²) in [4.78, 5) is 24.0. The zero-order chi connectivity index (χ0) is 20.0. The van der Waals surface area contributed by atoms with E-state index in [1.54, 1.807) is 16.9 Å². The highest BCUT2D eigenvalue weighted by atomic mass is 16.2. The van der Waals surface area contributed by atoms with Gasteiger partial charge in [0.2, 0.25) is 0 Å². The Hall–Kier alpha value is -3.22. The first-order valence-corrected chi connectivity index (χ1v) is 10.1. The average Bonchev–Trinajstić information content (AvgIpc) is 3.08. The number of rotatable bonds is 3. The third-order valence-corrected chi connectivity index (χ3v) is 6.14. The molecule has 2 aromatic heterocycles. The van der Waals surface area contributed by atoms with E-state index in [4.69, 9.17) is 0 Å². The van der Waals surface area contributed by atoms with Gasteiger partial charge in [-0.25, -0.2) is 14.8 Å². The molecule has 2 amide bonds. The maximum absolute atomic E-state index is 13.2. The predicted octanol–water partition coefficient (Wildman–Crippen LogP) is 4.04. The van der Waals surface area contributed by atoms with E-state index in [0.717, 1.165) is 17.9 Å². The highest BCUT2D eigenvalue weighted by molar-refractivity contribution is 5.90. The molecular formula is C22H24N6O. The van der Waals surface area contributed by atoms with Crippen LogP contribution in [0.3, 0.4) is 0 Å². The lowest BCUT2D eigenvalue weighted by molar-refractivity contribution is -0.0970. The number of aromatic nitrogens is 4. The Labute approximate surface area is 169 Å². The molecule has 1 aliphatic carbocycles. The number of nitrogens with one attached hydrogen (secondary N) is 1. The minimum Gasteiger partial charge on any atom is -0.316 e. The average molecular weight is 388 g/mol. The van der Waals surface area contributed by atoms with Crippen LogP contribution in [0.2, 0.25) is 0 Å². The molecule has 3 heterocycles. The molecular weight excluding hydrogens is 364 g/mol. The van der Waals surface area contributed by atoms with Gasteiger partial charge >= 0.3 is 6.03 Å². The topological polar surface area (TPSA) is 75.9 Å². The van der Waals surface area contributed by atoms with Crippen LogP contribution in [-0.2, 0) is 0 Å². The lowest BCUT2D eigenvalue weighted by Gasteiger charge is -2.62. The Morgan fingerprint density at radius 1 is 1.10 bits per heavy atom. The fraction of sp³-hybridized carbons (Fsp3) is 0.364. The van der Waals surface area contributed by atoms with Crippen molar-refractivity contribution < 1.29 is 4.79 Å². The van der Waals surface area contributed by atoms with Crippen LogP contribution in [0.4, 0.5) is 10.6 Å². The molecule has 1 aromatic carbocycles. The lowest BCUT2D eigenvalue weighted by Crippen LogP contribution is -2.64. The van der Waals surface area contributed by atoms with Gasteiger partial charge in [-0.05, 0) is 38.3 Å². The smallest absolute Gasteiger partial charge is 0.316 e. The minimum atomic E-state index is -0.109. The van der Waals surface area contributed by atoms with Gasteiger partial charge in [-0.3, -0.25) is 5.32 Å². The molecule has 1 atom stereocenters. The standard InChI is InChI=1S/C22H24N6O/c1-15-13-16(2)25-20(24-15)28-18(9-12-23-28)26-21(29)27-14-22(10-6-11-22)19(27)17-7-4-3-5-8-17/h3-5,7-9,12-13,19H,6,10-11,14H2,1-2H3,(H,26,29). The molecule has 2 aliphatic rings. The zero-order valence-corrected chi connectivity index (χ0v) is 16.7. The molecule has 1 unspecified atom stereocenters. The van der Waals surface area contributed by atoms with Crippen molar-refractivity contribution in [3.8, 4) is 5.95 Å². The normalized spacial score (nSPS) is 19.5. The lowest BCUT2D eigenvalue weighted by atomic mass is 9.56. The van der Waals surface area contributed by atoms with Crippen molar-refractivity contribution in [2.24, 2.45) is 5.41 Å². The highest BCUT2D eigenvalue weighted by Gasteiger charge is 2.58. The predicted molar refractivity (Wildman–Crippen MR) is 110 cm³/mol. The van der Waals surface area contributed by atoms with E-state index >= 15 is 0 Å². The molecule has 1 spiro atoms. The number of anilines is 1. The van der Waals surface area contributed by atoms with Gasteiger partial charge in [-0.1, -0.05) is 36.8 Å². The SMILES string of the molecule is Cc1cc(C)nc(-n2nccc2NC(=O)N2CC3(CCC3)C2c2ccccc2)n1. The number of hydrogen-bond acceptors (Lipinski definition) is 4. The number of carbonyl (C=O) groups is 1. The highest BCUT2D eigenvalue weighted by Crippen LogP contribution is 2.60. The number of nitrogens with zero attached hydrogens (tertiary/aromatic N) is 5. The summed E-state index contributed by atoms with van der Waals surface area (Å²) in [6, 6.07) is 14.1. The number of hydrogen-bond donors (Lipinski definition) is 1. The van der Waals surface area contributed by atoms with Crippen molar-refractivity contribution in [3.05, 3.63) is 65.6 Å². The second-order valence-electron chi connectivity index (χ2n) is 8.17. The van der Waals surface area contributed by atoms with Crippen LogP contribution in [0.25, 0.3) is 5.95 Å². The molecule has 0 radical (unpaired) electrons. The Bertz CT molecular complexity index is 1040. The number of benzene rings is 1. The van der Waals surface area contributed by atoms with Crippen molar-refractivity contribution in [2.45, 2.75) is 39.2 Å². The van der Waals surface area contributed by atoms with Gasteiger partial charge in [0.1, 0.15) is 5.82 Å². The summed E-state index contributed by atoms with van der Waals surface area (Å²) in [7, 11) is 0. The molecule has 29 heavy (non-hydrogen) atoms. The molecule has 1 saturated heterocycles. The first-order valence-electron chi connectivity index (χ1n) is 10.1. The summed E-state index contributed by atoms with van der Waals surface area (Å²) >= 11 is 0. The van der Waals surface area contributed by atoms with Gasteiger partial charge < -0.3 is 4.90 Å². The Kier molecular flexibility index (Phi) is 4.12. The maximum Gasteiger partial charge on any atom is 0.323 e. The van der Waals surface area contributed by atoms with E-state index in [0.29, 0.717) is 11.8 Å². The summed E-state index contributed by atoms with van der Waals surface area (Å²) < 4.78 is 1.58. The van der Waals surface area contributed by atoms with Crippen LogP contribution in [0.5, 0.6) is 0 Å². The van der Waals surface area contributed by atoms with E-state index in [1.165, 1.54) is 24.8 Å². The van der Waals surface area contributed by atoms with Crippen LogP contribution in [0.15, 0.2) is 48.7 Å². The molecule has 5 rings (SSSR count). The van der Waals surface area contributed by atoms with Crippen molar-refractivity contribution in [1.29, 1.82) is 0 Å². The van der Waals surface area contributed by atoms with Gasteiger partial charge in [-0.15, -0.1) is 0 Å². The number of aryl methyl sites for hydroxylation is 2. The second-order valence-corrected chi connectivity index (χ2v) is 8.17. The number of likely N-dealkylation sites (tertiary alicyclic amines) is 1. The fourth-order valence-corrected chi connectivity index (χ4v) is 4.70. The van der Waals surface area contributed by atoms with Crippen LogP contribution in [0, 0.1) is 19.3 Å². The number of urea groups is 1. The van der Waals surface area contributed by atoms with Gasteiger partial charge in [0.25, 0.3) is 5.95 Å². The van der Waals surface area contributed by atoms with Gasteiger partial charge in [0, 0.05) is 29.4 Å². The summed E-state index contributed by atoms with van der Waals surface area (Å²) in [5.74, 6) is 1.03. The molecule has 7 nitrogen and oxygen atoms in total. The van der Waals surface area contributed by atoms with E-state index in [9.17, 15) is 4.79 Å². The van der Waals surface area contributed by atoms with Gasteiger partial charge in [0.05, 0.1) is 12.2 Å². The van der Waals surface area contributed by atoms with Crippen LogP contribution in [0.1, 0.15) is 42.3 Å². The minimum absolute atomic E-state index is 0.109. The largest absolute Gasteiger partial charge is 0.323 e. The molecule has 7 heteroatoms. The Balaban J connectivity index is 1.40. The van der Waals surface area contributed by atoms with E-state index < -0.39 is 0 Å². The van der Waals surface area contributed by atoms with Crippen molar-refractivity contribution >= 4 is 11.8 Å².